The van der Waals surface area contributed by atoms with Gasteiger partial charge in [0.2, 0.25) is 0 Å². The third kappa shape index (κ3) is 7.35. The molecule has 2 N–H and O–H groups in total. The van der Waals surface area contributed by atoms with Crippen LogP contribution in [0.4, 0.5) is 20.2 Å². The Morgan fingerprint density at radius 1 is 1.08 bits per heavy atom. The zero-order chi connectivity index (χ0) is 26.7. The van der Waals surface area contributed by atoms with E-state index in [0.717, 1.165) is 14.0 Å². The fourth-order valence-electron chi connectivity index (χ4n) is 3.15. The van der Waals surface area contributed by atoms with E-state index in [0.29, 0.717) is 29.7 Å². The van der Waals surface area contributed by atoms with E-state index in [1.54, 1.807) is 32.2 Å². The molecule has 0 saturated heterocycles. The number of rotatable bonds is 11. The monoisotopic (exact) mass is 503 g/mol. The zero-order valence-corrected chi connectivity index (χ0v) is 21.0. The molecule has 0 aliphatic heterocycles. The second kappa shape index (κ2) is 13.3. The maximum Gasteiger partial charge on any atom is 0.353 e. The topological polar surface area (TPSA) is 98.3 Å². The van der Waals surface area contributed by atoms with E-state index < -0.39 is 23.4 Å². The van der Waals surface area contributed by atoms with Crippen LogP contribution in [0.1, 0.15) is 27.2 Å². The van der Waals surface area contributed by atoms with Crippen molar-refractivity contribution in [2.24, 2.45) is 4.99 Å². The largest absolute Gasteiger partial charge is 0.491 e. The van der Waals surface area contributed by atoms with E-state index in [-0.39, 0.29) is 23.3 Å². The molecule has 0 aliphatic rings. The van der Waals surface area contributed by atoms with Crippen LogP contribution in [0.25, 0.3) is 11.9 Å². The highest BCUT2D eigenvalue weighted by Crippen LogP contribution is 2.20. The molecule has 0 aliphatic carbocycles. The van der Waals surface area contributed by atoms with Gasteiger partial charge in [-0.05, 0) is 55.8 Å². The van der Waals surface area contributed by atoms with E-state index in [2.05, 4.69) is 20.4 Å². The molecular weight excluding hydrogens is 472 g/mol. The molecule has 0 saturated carbocycles. The van der Waals surface area contributed by atoms with Gasteiger partial charge in [0.15, 0.2) is 0 Å². The number of ether oxygens (including phenoxy) is 3. The second-order valence-corrected chi connectivity index (χ2v) is 7.71. The molecule has 36 heavy (non-hydrogen) atoms. The predicted molar refractivity (Wildman–Crippen MR) is 136 cm³/mol. The molecule has 2 rings (SSSR count). The first-order chi connectivity index (χ1) is 17.2. The summed E-state index contributed by atoms with van der Waals surface area (Å²) in [6, 6.07) is 9.22. The van der Waals surface area contributed by atoms with Crippen molar-refractivity contribution in [2.45, 2.75) is 32.9 Å². The van der Waals surface area contributed by atoms with Crippen LogP contribution in [0.5, 0.6) is 5.75 Å². The van der Waals surface area contributed by atoms with Crippen LogP contribution >= 0.6 is 0 Å². The smallest absolute Gasteiger partial charge is 0.353 e. The first kappa shape index (κ1) is 28.4. The number of carbonyl (C=O) groups is 2. The van der Waals surface area contributed by atoms with Crippen molar-refractivity contribution in [3.63, 3.8) is 0 Å². The Balaban J connectivity index is 2.39. The van der Waals surface area contributed by atoms with Gasteiger partial charge in [0.05, 0.1) is 18.9 Å². The third-order valence-corrected chi connectivity index (χ3v) is 4.97. The summed E-state index contributed by atoms with van der Waals surface area (Å²) in [6.07, 6.45) is 4.05. The van der Waals surface area contributed by atoms with E-state index in [1.165, 1.54) is 24.4 Å². The van der Waals surface area contributed by atoms with Crippen molar-refractivity contribution in [3.05, 3.63) is 52.7 Å². The van der Waals surface area contributed by atoms with Crippen LogP contribution in [-0.4, -0.2) is 51.2 Å². The molecule has 0 heterocycles. The molecule has 0 bridgehead atoms. The fourth-order valence-corrected chi connectivity index (χ4v) is 3.15. The molecule has 194 valence electrons. The van der Waals surface area contributed by atoms with Crippen molar-refractivity contribution in [3.8, 4) is 5.75 Å². The molecule has 0 spiro atoms. The Hall–Kier alpha value is -3.79. The number of anilines is 2. The summed E-state index contributed by atoms with van der Waals surface area (Å²) in [6.45, 7) is 5.12. The van der Waals surface area contributed by atoms with Crippen LogP contribution in [-0.2, 0) is 19.1 Å². The van der Waals surface area contributed by atoms with Gasteiger partial charge >= 0.3 is 5.97 Å². The molecule has 0 aromatic heterocycles. The number of alkyl halides is 1. The van der Waals surface area contributed by atoms with Crippen molar-refractivity contribution < 1.29 is 32.6 Å². The highest BCUT2D eigenvalue weighted by molar-refractivity contribution is 6.11. The lowest BCUT2D eigenvalue weighted by atomic mass is 10.1. The Morgan fingerprint density at radius 2 is 1.72 bits per heavy atom. The number of nitrogens with one attached hydrogen (secondary N) is 2. The number of esters is 1. The van der Waals surface area contributed by atoms with E-state index >= 15 is 4.39 Å². The van der Waals surface area contributed by atoms with Gasteiger partial charge in [-0.1, -0.05) is 13.0 Å². The fraction of sp³-hybridized carbons (Fsp3) is 0.346. The van der Waals surface area contributed by atoms with Gasteiger partial charge in [0.1, 0.15) is 24.0 Å². The standard InChI is InChI=1S/C26H31F2N3O5/c1-6-8-17-15-20(36-14-13-34-4)16-21(27)22(17)23(29-7-2)30-18-9-11-19(12-10-18)31-24(32)26(3,28)25(33)35-5/h7-12,15-16,30H,6,13-14H2,1-5H3,(H,31,32)/b17-8+,23-22-,29-7-. The summed E-state index contributed by atoms with van der Waals surface area (Å²) in [5.41, 5.74) is -2.06. The molecule has 2 aromatic carbocycles. The van der Waals surface area contributed by atoms with Gasteiger partial charge in [0, 0.05) is 30.8 Å². The number of benzene rings is 2. The van der Waals surface area contributed by atoms with Crippen LogP contribution in [0.2, 0.25) is 0 Å². The summed E-state index contributed by atoms with van der Waals surface area (Å²) < 4.78 is 44.5. The van der Waals surface area contributed by atoms with Crippen LogP contribution in [0.15, 0.2) is 41.4 Å². The molecule has 1 atom stereocenters. The minimum absolute atomic E-state index is 0.252. The number of amides is 1. The number of halogens is 2. The average molecular weight is 504 g/mol. The van der Waals surface area contributed by atoms with Crippen molar-refractivity contribution in [2.75, 3.05) is 38.1 Å². The number of hydrogen-bond donors (Lipinski definition) is 2. The Bertz CT molecular complexity index is 1210. The molecule has 8 nitrogen and oxygen atoms in total. The minimum atomic E-state index is -2.84. The van der Waals surface area contributed by atoms with Crippen molar-refractivity contribution >= 4 is 41.4 Å². The lowest BCUT2D eigenvalue weighted by Crippen LogP contribution is -2.44. The number of hydrogen-bond acceptors (Lipinski definition) is 7. The number of nitrogens with zero attached hydrogens (tertiary/aromatic N) is 1. The number of aliphatic imine (C=N–C) groups is 1. The van der Waals surface area contributed by atoms with Crippen molar-refractivity contribution in [1.29, 1.82) is 0 Å². The van der Waals surface area contributed by atoms with Crippen LogP contribution < -0.4 is 25.8 Å². The maximum atomic E-state index is 15.2. The normalized spacial score (nSPS) is 14.2. The van der Waals surface area contributed by atoms with Gasteiger partial charge < -0.3 is 24.8 Å². The highest BCUT2D eigenvalue weighted by Gasteiger charge is 2.42. The molecular formula is C26H31F2N3O5. The average Bonchev–Trinajstić information content (AvgIpc) is 2.84. The summed E-state index contributed by atoms with van der Waals surface area (Å²) >= 11 is 0. The summed E-state index contributed by atoms with van der Waals surface area (Å²) in [5.74, 6) is -2.34. The molecule has 1 unspecified atom stereocenters. The van der Waals surface area contributed by atoms with Crippen LogP contribution in [0.3, 0.4) is 0 Å². The van der Waals surface area contributed by atoms with Gasteiger partial charge in [0.25, 0.3) is 11.6 Å². The summed E-state index contributed by atoms with van der Waals surface area (Å²) in [7, 11) is 2.55. The van der Waals surface area contributed by atoms with Gasteiger partial charge in [-0.2, -0.15) is 0 Å². The summed E-state index contributed by atoms with van der Waals surface area (Å²) in [4.78, 5) is 27.9. The van der Waals surface area contributed by atoms with Gasteiger partial charge in [-0.25, -0.2) is 18.6 Å². The van der Waals surface area contributed by atoms with Gasteiger partial charge in [-0.3, -0.25) is 4.79 Å². The molecule has 1 amide bonds. The Kier molecular flexibility index (Phi) is 10.5. The Labute approximate surface area is 208 Å². The number of carbonyl (C=O) groups excluding carboxylic acids is 2. The van der Waals surface area contributed by atoms with Crippen molar-refractivity contribution in [1.82, 2.24) is 0 Å². The number of methoxy groups -OCH3 is 2. The third-order valence-electron chi connectivity index (χ3n) is 4.97. The molecule has 0 radical (unpaired) electrons. The molecule has 2 aromatic rings. The van der Waals surface area contributed by atoms with Crippen LogP contribution in [0, 0.1) is 5.82 Å². The quantitative estimate of drug-likeness (QED) is 0.212. The van der Waals surface area contributed by atoms with E-state index in [9.17, 15) is 14.0 Å². The lowest BCUT2D eigenvalue weighted by Gasteiger charge is -2.17. The van der Waals surface area contributed by atoms with E-state index in [1.807, 2.05) is 13.0 Å². The van der Waals surface area contributed by atoms with E-state index in [4.69, 9.17) is 9.47 Å². The lowest BCUT2D eigenvalue weighted by molar-refractivity contribution is -0.157. The second-order valence-electron chi connectivity index (χ2n) is 7.71. The molecule has 10 heteroatoms. The zero-order valence-electron chi connectivity index (χ0n) is 21.0. The first-order valence-corrected chi connectivity index (χ1v) is 11.3. The highest BCUT2D eigenvalue weighted by atomic mass is 19.1. The minimum Gasteiger partial charge on any atom is -0.491 e. The molecule has 0 fully saturated rings. The SMILES string of the molecule is C\C=N/C(Nc1ccc(NC(=O)C(C)(F)C(=O)OC)cc1)=c1/c(F)cc(OCCOC)c/c1=C\CC. The maximum absolute atomic E-state index is 15.2. The Morgan fingerprint density at radius 3 is 2.28 bits per heavy atom. The first-order valence-electron chi connectivity index (χ1n) is 11.3. The van der Waals surface area contributed by atoms with Gasteiger partial charge in [-0.15, -0.1) is 0 Å². The predicted octanol–water partition coefficient (Wildman–Crippen LogP) is 3.15. The summed E-state index contributed by atoms with van der Waals surface area (Å²) in [5, 5.41) is 6.28.